The zero-order chi connectivity index (χ0) is 31.3. The molecule has 5 rings (SSSR count). The van der Waals surface area contributed by atoms with E-state index in [1.165, 1.54) is 6.07 Å². The number of piperidine rings is 1. The molecule has 2 saturated heterocycles. The van der Waals surface area contributed by atoms with Crippen molar-refractivity contribution in [2.24, 2.45) is 0 Å². The molecule has 0 aliphatic carbocycles. The molecule has 11 heteroatoms. The van der Waals surface area contributed by atoms with E-state index in [-0.39, 0.29) is 35.1 Å². The molecule has 0 aromatic heterocycles. The number of nitrogens with one attached hydrogen (secondary N) is 2. The molecule has 2 heterocycles. The van der Waals surface area contributed by atoms with E-state index in [1.54, 1.807) is 35.2 Å². The van der Waals surface area contributed by atoms with Crippen molar-refractivity contribution in [2.45, 2.75) is 63.2 Å². The average Bonchev–Trinajstić information content (AvgIpc) is 2.99. The van der Waals surface area contributed by atoms with Gasteiger partial charge in [-0.15, -0.1) is 0 Å². The van der Waals surface area contributed by atoms with Crippen molar-refractivity contribution in [3.63, 3.8) is 0 Å². The Morgan fingerprint density at radius 2 is 1.59 bits per heavy atom. The number of amides is 2. The number of benzene rings is 3. The highest BCUT2D eigenvalue weighted by atomic mass is 32.2. The van der Waals surface area contributed by atoms with Gasteiger partial charge < -0.3 is 19.7 Å². The maximum atomic E-state index is 13.6. The number of morpholine rings is 1. The maximum Gasteiger partial charge on any atom is 0.409 e. The van der Waals surface area contributed by atoms with Gasteiger partial charge in [-0.05, 0) is 63.8 Å². The summed E-state index contributed by atoms with van der Waals surface area (Å²) in [6.07, 6.45) is 1.78. The molecule has 2 atom stereocenters. The summed E-state index contributed by atoms with van der Waals surface area (Å²) in [5.74, 6) is -0.256. The van der Waals surface area contributed by atoms with Gasteiger partial charge in [0.1, 0.15) is 0 Å². The molecule has 2 amide bonds. The van der Waals surface area contributed by atoms with Crippen LogP contribution in [0, 0.1) is 6.92 Å². The number of fused-ring (bicyclic) bond motifs is 1. The third-order valence-corrected chi connectivity index (χ3v) is 9.80. The molecule has 3 aromatic rings. The number of carbonyl (C=O) groups excluding carboxylic acids is 2. The molecule has 3 aromatic carbocycles. The third-order valence-electron chi connectivity index (χ3n) is 8.23. The van der Waals surface area contributed by atoms with E-state index in [2.05, 4.69) is 28.8 Å². The normalized spacial score (nSPS) is 20.0. The number of carbonyl (C=O) groups is 2. The predicted molar refractivity (Wildman–Crippen MR) is 170 cm³/mol. The lowest BCUT2D eigenvalue weighted by atomic mass is 10.1. The van der Waals surface area contributed by atoms with Crippen molar-refractivity contribution in [3.8, 4) is 0 Å². The van der Waals surface area contributed by atoms with E-state index in [1.807, 2.05) is 31.2 Å². The van der Waals surface area contributed by atoms with Crippen LogP contribution in [0.5, 0.6) is 0 Å². The second kappa shape index (κ2) is 14.1. The number of nitrogens with zero attached hydrogens (tertiary/aromatic N) is 2. The van der Waals surface area contributed by atoms with Gasteiger partial charge in [-0.2, -0.15) is 0 Å². The van der Waals surface area contributed by atoms with Gasteiger partial charge in [0.05, 0.1) is 23.7 Å². The van der Waals surface area contributed by atoms with Crippen molar-refractivity contribution in [1.29, 1.82) is 0 Å². The van der Waals surface area contributed by atoms with Crippen LogP contribution in [0.2, 0.25) is 0 Å². The minimum absolute atomic E-state index is 0.146. The Morgan fingerprint density at radius 1 is 0.932 bits per heavy atom. The molecule has 2 unspecified atom stereocenters. The highest BCUT2D eigenvalue weighted by molar-refractivity contribution is 7.89. The molecule has 236 valence electrons. The molecule has 0 bridgehead atoms. The first kappa shape index (κ1) is 31.9. The number of hydrogen-bond donors (Lipinski definition) is 2. The average molecular weight is 623 g/mol. The van der Waals surface area contributed by atoms with Crippen LogP contribution in [0.25, 0.3) is 10.8 Å². The molecule has 2 aliphatic rings. The van der Waals surface area contributed by atoms with Gasteiger partial charge in [-0.3, -0.25) is 9.69 Å². The monoisotopic (exact) mass is 622 g/mol. The largest absolute Gasteiger partial charge is 0.449 e. The fourth-order valence-corrected chi connectivity index (χ4v) is 7.62. The van der Waals surface area contributed by atoms with Crippen LogP contribution in [0.3, 0.4) is 0 Å². The van der Waals surface area contributed by atoms with E-state index < -0.39 is 10.0 Å². The fourth-order valence-electron chi connectivity index (χ4n) is 6.10. The molecule has 2 aliphatic heterocycles. The van der Waals surface area contributed by atoms with Crippen LogP contribution in [-0.4, -0.2) is 87.8 Å². The van der Waals surface area contributed by atoms with Crippen molar-refractivity contribution < 1.29 is 27.5 Å². The van der Waals surface area contributed by atoms with E-state index >= 15 is 0 Å². The van der Waals surface area contributed by atoms with Crippen molar-refractivity contribution in [3.05, 3.63) is 71.8 Å². The van der Waals surface area contributed by atoms with E-state index in [4.69, 9.17) is 9.47 Å². The highest BCUT2D eigenvalue weighted by Crippen LogP contribution is 2.30. The molecule has 44 heavy (non-hydrogen) atoms. The summed E-state index contributed by atoms with van der Waals surface area (Å²) in [6.45, 7) is 9.79. The smallest absolute Gasteiger partial charge is 0.409 e. The summed E-state index contributed by atoms with van der Waals surface area (Å²) in [7, 11) is -3.88. The Hall–Kier alpha value is -3.51. The minimum atomic E-state index is -3.88. The van der Waals surface area contributed by atoms with Crippen LogP contribution < -0.4 is 10.0 Å². The van der Waals surface area contributed by atoms with Crippen LogP contribution >= 0.6 is 0 Å². The number of anilines is 1. The van der Waals surface area contributed by atoms with Crippen molar-refractivity contribution in [1.82, 2.24) is 14.5 Å². The zero-order valence-electron chi connectivity index (χ0n) is 25.6. The van der Waals surface area contributed by atoms with Crippen LogP contribution in [-0.2, 0) is 19.5 Å². The van der Waals surface area contributed by atoms with Crippen LogP contribution in [0.4, 0.5) is 10.5 Å². The number of hydrogen-bond acceptors (Lipinski definition) is 7. The zero-order valence-corrected chi connectivity index (χ0v) is 26.4. The Labute approximate surface area is 259 Å². The van der Waals surface area contributed by atoms with Gasteiger partial charge in [0, 0.05) is 60.8 Å². The Kier molecular flexibility index (Phi) is 10.2. The summed E-state index contributed by atoms with van der Waals surface area (Å²) in [5.41, 5.74) is 1.95. The second-order valence-corrected chi connectivity index (χ2v) is 13.5. The molecule has 2 fully saturated rings. The standard InChI is InChI=1S/C33H42N4O6S/c1-23-9-4-5-10-27(23)32(38)34-30-13-14-31(29-12-7-6-11-28(29)30)44(40,41)35-26-15-18-37(19-16-26)33(39)42-20-8-17-36-21-24(2)43-25(3)22-36/h4-7,9-14,24-26,35H,8,15-22H2,1-3H3,(H,34,38). The lowest BCUT2D eigenvalue weighted by molar-refractivity contribution is -0.0689. The SMILES string of the molecule is Cc1ccccc1C(=O)Nc1ccc(S(=O)(=O)NC2CCN(C(=O)OCCCN3CC(C)OC(C)C3)CC2)c2ccccc12. The second-order valence-electron chi connectivity index (χ2n) is 11.8. The van der Waals surface area contributed by atoms with E-state index in [0.717, 1.165) is 31.6 Å². The number of aryl methyl sites for hydroxylation is 1. The van der Waals surface area contributed by atoms with Crippen molar-refractivity contribution >= 4 is 38.5 Å². The van der Waals surface area contributed by atoms with Crippen LogP contribution in [0.1, 0.15) is 49.0 Å². The molecule has 0 radical (unpaired) electrons. The summed E-state index contributed by atoms with van der Waals surface area (Å²) < 4.78 is 41.2. The Bertz CT molecular complexity index is 1580. The summed E-state index contributed by atoms with van der Waals surface area (Å²) in [4.78, 5) is 29.7. The minimum Gasteiger partial charge on any atom is -0.449 e. The molecule has 0 saturated carbocycles. The van der Waals surface area contributed by atoms with Gasteiger partial charge in [0.2, 0.25) is 10.0 Å². The molecule has 0 spiro atoms. The van der Waals surface area contributed by atoms with E-state index in [0.29, 0.717) is 54.6 Å². The molecule has 2 N–H and O–H groups in total. The lowest BCUT2D eigenvalue weighted by Crippen LogP contribution is -2.47. The van der Waals surface area contributed by atoms with Crippen molar-refractivity contribution in [2.75, 3.05) is 44.6 Å². The molecular weight excluding hydrogens is 580 g/mol. The van der Waals surface area contributed by atoms with E-state index in [9.17, 15) is 18.0 Å². The van der Waals surface area contributed by atoms with Gasteiger partial charge >= 0.3 is 6.09 Å². The first-order chi connectivity index (χ1) is 21.1. The number of likely N-dealkylation sites (tertiary alicyclic amines) is 1. The van der Waals surface area contributed by atoms with Gasteiger partial charge in [-0.1, -0.05) is 42.5 Å². The summed E-state index contributed by atoms with van der Waals surface area (Å²) in [6, 6.07) is 17.3. The van der Waals surface area contributed by atoms with Crippen LogP contribution in [0.15, 0.2) is 65.6 Å². The molecular formula is C33H42N4O6S. The summed E-state index contributed by atoms with van der Waals surface area (Å²) in [5, 5.41) is 4.09. The Balaban J connectivity index is 1.15. The highest BCUT2D eigenvalue weighted by Gasteiger charge is 2.29. The number of rotatable bonds is 9. The van der Waals surface area contributed by atoms with Gasteiger partial charge in [0.25, 0.3) is 5.91 Å². The topological polar surface area (TPSA) is 117 Å². The predicted octanol–water partition coefficient (Wildman–Crippen LogP) is 4.78. The van der Waals surface area contributed by atoms with Gasteiger partial charge in [-0.25, -0.2) is 17.9 Å². The number of sulfonamides is 1. The van der Waals surface area contributed by atoms with Gasteiger partial charge in [0.15, 0.2) is 0 Å². The lowest BCUT2D eigenvalue weighted by Gasteiger charge is -2.35. The Morgan fingerprint density at radius 3 is 2.30 bits per heavy atom. The maximum absolute atomic E-state index is 13.6. The first-order valence-corrected chi connectivity index (χ1v) is 16.8. The summed E-state index contributed by atoms with van der Waals surface area (Å²) >= 11 is 0. The molecule has 10 nitrogen and oxygen atoms in total. The third kappa shape index (κ3) is 7.76. The number of ether oxygens (including phenoxy) is 2. The first-order valence-electron chi connectivity index (χ1n) is 15.3. The quantitative estimate of drug-likeness (QED) is 0.330. The fraction of sp³-hybridized carbons (Fsp3) is 0.455.